The second-order valence-corrected chi connectivity index (χ2v) is 4.20. The van der Waals surface area contributed by atoms with E-state index in [0.29, 0.717) is 0 Å². The predicted octanol–water partition coefficient (Wildman–Crippen LogP) is 4.05. The van der Waals surface area contributed by atoms with Gasteiger partial charge in [0, 0.05) is 17.4 Å². The average Bonchev–Trinajstić information content (AvgIpc) is 2.71. The van der Waals surface area contributed by atoms with Crippen molar-refractivity contribution in [1.82, 2.24) is 4.40 Å². The third-order valence-corrected chi connectivity index (χ3v) is 3.01. The van der Waals surface area contributed by atoms with Gasteiger partial charge in [0.15, 0.2) is 0 Å². The highest BCUT2D eigenvalue weighted by Gasteiger charge is 2.02. The summed E-state index contributed by atoms with van der Waals surface area (Å²) in [7, 11) is 0. The Morgan fingerprint density at radius 2 is 1.76 bits per heavy atom. The summed E-state index contributed by atoms with van der Waals surface area (Å²) < 4.78 is 15.3. The van der Waals surface area contributed by atoms with Crippen LogP contribution >= 0.6 is 0 Å². The number of aryl methyl sites for hydroxylation is 1. The van der Waals surface area contributed by atoms with E-state index in [9.17, 15) is 4.39 Å². The normalized spacial score (nSPS) is 10.9. The summed E-state index contributed by atoms with van der Waals surface area (Å²) in [6.07, 6.45) is 2.04. The molecule has 0 fully saturated rings. The van der Waals surface area contributed by atoms with E-state index in [1.54, 1.807) is 12.1 Å². The van der Waals surface area contributed by atoms with Crippen LogP contribution in [0.15, 0.2) is 54.7 Å². The highest BCUT2D eigenvalue weighted by Crippen LogP contribution is 2.22. The molecule has 1 nitrogen and oxygen atoms in total. The Balaban J connectivity index is 2.20. The number of benzene rings is 1. The fourth-order valence-corrected chi connectivity index (χ4v) is 2.08. The number of aromatic nitrogens is 1. The van der Waals surface area contributed by atoms with Crippen molar-refractivity contribution in [3.05, 3.63) is 66.2 Å². The summed E-state index contributed by atoms with van der Waals surface area (Å²) in [4.78, 5) is 0. The van der Waals surface area contributed by atoms with Gasteiger partial charge in [-0.2, -0.15) is 0 Å². The number of fused-ring (bicyclic) bond motifs is 1. The van der Waals surface area contributed by atoms with Gasteiger partial charge >= 0.3 is 0 Å². The van der Waals surface area contributed by atoms with Crippen molar-refractivity contribution in [1.29, 1.82) is 0 Å². The third-order valence-electron chi connectivity index (χ3n) is 3.01. The smallest absolute Gasteiger partial charge is 0.123 e. The summed E-state index contributed by atoms with van der Waals surface area (Å²) in [6.45, 7) is 2.06. The van der Waals surface area contributed by atoms with Gasteiger partial charge in [0.05, 0.1) is 0 Å². The van der Waals surface area contributed by atoms with Crippen molar-refractivity contribution in [2.24, 2.45) is 0 Å². The van der Waals surface area contributed by atoms with Gasteiger partial charge in [0.1, 0.15) is 5.82 Å². The molecule has 0 unspecified atom stereocenters. The lowest BCUT2D eigenvalue weighted by atomic mass is 10.1. The summed E-state index contributed by atoms with van der Waals surface area (Å²) in [5.74, 6) is -0.202. The summed E-state index contributed by atoms with van der Waals surface area (Å²) in [5.41, 5.74) is 4.26. The number of hydrogen-bond acceptors (Lipinski definition) is 0. The van der Waals surface area contributed by atoms with E-state index in [4.69, 9.17) is 0 Å². The van der Waals surface area contributed by atoms with Crippen molar-refractivity contribution >= 4 is 5.52 Å². The molecule has 0 saturated heterocycles. The number of nitrogens with zero attached hydrogens (tertiary/aromatic N) is 1. The van der Waals surface area contributed by atoms with E-state index in [-0.39, 0.29) is 5.82 Å². The Bertz CT molecular complexity index is 682. The predicted molar refractivity (Wildman–Crippen MR) is 67.5 cm³/mol. The Morgan fingerprint density at radius 1 is 0.941 bits per heavy atom. The lowest BCUT2D eigenvalue weighted by molar-refractivity contribution is 0.628. The highest BCUT2D eigenvalue weighted by atomic mass is 19.1. The fraction of sp³-hybridized carbons (Fsp3) is 0.0667. The van der Waals surface area contributed by atoms with Gasteiger partial charge in [-0.05, 0) is 48.4 Å². The minimum atomic E-state index is -0.202. The van der Waals surface area contributed by atoms with E-state index in [1.807, 2.05) is 24.4 Å². The fourth-order valence-electron chi connectivity index (χ4n) is 2.08. The molecule has 3 rings (SSSR count). The maximum absolute atomic E-state index is 13.2. The van der Waals surface area contributed by atoms with Crippen LogP contribution in [0.3, 0.4) is 0 Å². The van der Waals surface area contributed by atoms with E-state index in [2.05, 4.69) is 23.5 Å². The van der Waals surface area contributed by atoms with Gasteiger partial charge < -0.3 is 4.40 Å². The first-order valence-corrected chi connectivity index (χ1v) is 5.58. The van der Waals surface area contributed by atoms with Gasteiger partial charge in [-0.15, -0.1) is 0 Å². The van der Waals surface area contributed by atoms with Crippen molar-refractivity contribution in [2.45, 2.75) is 6.92 Å². The molecule has 0 amide bonds. The van der Waals surface area contributed by atoms with E-state index in [0.717, 1.165) is 16.6 Å². The molecule has 17 heavy (non-hydrogen) atoms. The van der Waals surface area contributed by atoms with Gasteiger partial charge in [0.2, 0.25) is 0 Å². The van der Waals surface area contributed by atoms with Crippen LogP contribution in [-0.2, 0) is 0 Å². The molecule has 0 spiro atoms. The van der Waals surface area contributed by atoms with Gasteiger partial charge in [0.25, 0.3) is 0 Å². The third kappa shape index (κ3) is 1.72. The molecule has 0 bridgehead atoms. The largest absolute Gasteiger partial charge is 0.321 e. The maximum Gasteiger partial charge on any atom is 0.123 e. The Labute approximate surface area is 99.1 Å². The zero-order chi connectivity index (χ0) is 11.8. The Kier molecular flexibility index (Phi) is 2.22. The van der Waals surface area contributed by atoms with Gasteiger partial charge in [-0.25, -0.2) is 4.39 Å². The molecule has 2 heterocycles. The van der Waals surface area contributed by atoms with Crippen LogP contribution in [0.5, 0.6) is 0 Å². The molecule has 1 aromatic carbocycles. The molecule has 84 valence electrons. The van der Waals surface area contributed by atoms with Crippen LogP contribution < -0.4 is 0 Å². The molecule has 0 aliphatic carbocycles. The molecule has 0 aliphatic heterocycles. The van der Waals surface area contributed by atoms with E-state index < -0.39 is 0 Å². The molecule has 0 N–H and O–H groups in total. The lowest BCUT2D eigenvalue weighted by Crippen LogP contribution is -1.88. The number of pyridine rings is 1. The zero-order valence-electron chi connectivity index (χ0n) is 9.52. The summed E-state index contributed by atoms with van der Waals surface area (Å²) in [5, 5.41) is 0. The van der Waals surface area contributed by atoms with Crippen molar-refractivity contribution < 1.29 is 4.39 Å². The summed E-state index contributed by atoms with van der Waals surface area (Å²) in [6, 6.07) is 14.9. The quantitative estimate of drug-likeness (QED) is 0.588. The number of hydrogen-bond donors (Lipinski definition) is 0. The van der Waals surface area contributed by atoms with Crippen LogP contribution in [0.25, 0.3) is 16.6 Å². The first-order chi connectivity index (χ1) is 8.24. The monoisotopic (exact) mass is 225 g/mol. The van der Waals surface area contributed by atoms with Gasteiger partial charge in [-0.3, -0.25) is 0 Å². The zero-order valence-corrected chi connectivity index (χ0v) is 9.52. The molecule has 0 aliphatic rings. The molecular weight excluding hydrogens is 213 g/mol. The molecule has 2 aromatic heterocycles. The van der Waals surface area contributed by atoms with Crippen LogP contribution in [0, 0.1) is 12.7 Å². The van der Waals surface area contributed by atoms with Gasteiger partial charge in [-0.1, -0.05) is 18.2 Å². The molecule has 0 atom stereocenters. The molecule has 0 radical (unpaired) electrons. The first kappa shape index (κ1) is 10.1. The first-order valence-electron chi connectivity index (χ1n) is 5.58. The SMILES string of the molecule is Cc1ccc2ccc(-c3cccc(F)c3)cn12. The maximum atomic E-state index is 13.2. The van der Waals surface area contributed by atoms with Crippen LogP contribution in [-0.4, -0.2) is 4.40 Å². The van der Waals surface area contributed by atoms with Crippen LogP contribution in [0.2, 0.25) is 0 Å². The summed E-state index contributed by atoms with van der Waals surface area (Å²) >= 11 is 0. The minimum Gasteiger partial charge on any atom is -0.321 e. The number of halogens is 1. The highest BCUT2D eigenvalue weighted by molar-refractivity contribution is 5.66. The molecule has 3 aromatic rings. The average molecular weight is 225 g/mol. The lowest BCUT2D eigenvalue weighted by Gasteiger charge is -2.04. The van der Waals surface area contributed by atoms with E-state index in [1.165, 1.54) is 11.8 Å². The molecular formula is C15H12FN. The Morgan fingerprint density at radius 3 is 2.59 bits per heavy atom. The minimum absolute atomic E-state index is 0.202. The topological polar surface area (TPSA) is 4.41 Å². The second-order valence-electron chi connectivity index (χ2n) is 4.20. The van der Waals surface area contributed by atoms with Crippen molar-refractivity contribution in [3.63, 3.8) is 0 Å². The van der Waals surface area contributed by atoms with E-state index >= 15 is 0 Å². The molecule has 0 saturated carbocycles. The van der Waals surface area contributed by atoms with Crippen molar-refractivity contribution in [3.8, 4) is 11.1 Å². The number of rotatable bonds is 1. The standard InChI is InChI=1S/C15H12FN/c1-11-5-7-15-8-6-13(10-17(11)15)12-3-2-4-14(16)9-12/h2-10H,1H3. The Hall–Kier alpha value is -2.09. The van der Waals surface area contributed by atoms with Crippen LogP contribution in [0.1, 0.15) is 5.69 Å². The second kappa shape index (κ2) is 3.74. The van der Waals surface area contributed by atoms with Crippen molar-refractivity contribution in [2.75, 3.05) is 0 Å². The van der Waals surface area contributed by atoms with Crippen LogP contribution in [0.4, 0.5) is 4.39 Å². The molecule has 2 heteroatoms.